The predicted molar refractivity (Wildman–Crippen MR) is 129 cm³/mol. The number of benzene rings is 1. The highest BCUT2D eigenvalue weighted by molar-refractivity contribution is 9.10. The molecular weight excluding hydrogens is 502 g/mol. The average molecular weight is 534 g/mol. The van der Waals surface area contributed by atoms with E-state index < -0.39 is 0 Å². The molecule has 5 heteroatoms. The first-order valence-electron chi connectivity index (χ1n) is 10.5. The molecule has 2 rings (SSSR count). The van der Waals surface area contributed by atoms with Gasteiger partial charge in [0.2, 0.25) is 5.90 Å². The highest BCUT2D eigenvalue weighted by atomic mass is 79.9. The summed E-state index contributed by atoms with van der Waals surface area (Å²) in [7, 11) is 0. The lowest BCUT2D eigenvalue weighted by atomic mass is 9.80. The van der Waals surface area contributed by atoms with Crippen molar-refractivity contribution >= 4 is 55.0 Å². The number of halogens is 3. The molecule has 0 spiro atoms. The van der Waals surface area contributed by atoms with Crippen LogP contribution in [0.4, 0.5) is 5.69 Å². The van der Waals surface area contributed by atoms with Gasteiger partial charge < -0.3 is 4.74 Å². The van der Waals surface area contributed by atoms with E-state index in [0.29, 0.717) is 5.02 Å². The average Bonchev–Trinajstić information content (AvgIpc) is 2.94. The van der Waals surface area contributed by atoms with Gasteiger partial charge in [0.05, 0.1) is 10.5 Å². The van der Waals surface area contributed by atoms with Gasteiger partial charge in [0, 0.05) is 15.1 Å². The van der Waals surface area contributed by atoms with E-state index >= 15 is 0 Å². The highest BCUT2D eigenvalue weighted by Crippen LogP contribution is 2.47. The normalized spacial score (nSPS) is 22.0. The zero-order valence-electron chi connectivity index (χ0n) is 17.5. The van der Waals surface area contributed by atoms with Gasteiger partial charge in [-0.3, -0.25) is 0 Å². The van der Waals surface area contributed by atoms with E-state index in [1.807, 2.05) is 18.2 Å². The molecule has 0 bridgehead atoms. The van der Waals surface area contributed by atoms with Gasteiger partial charge >= 0.3 is 0 Å². The van der Waals surface area contributed by atoms with Crippen LogP contribution < -0.4 is 0 Å². The number of hydrogen-bond donors (Lipinski definition) is 0. The fourth-order valence-corrected chi connectivity index (χ4v) is 5.60. The lowest BCUT2D eigenvalue weighted by Gasteiger charge is -2.36. The second-order valence-electron chi connectivity index (χ2n) is 7.47. The number of hydrogen-bond acceptors (Lipinski definition) is 2. The van der Waals surface area contributed by atoms with Gasteiger partial charge in [0.25, 0.3) is 0 Å². The first-order chi connectivity index (χ1) is 13.4. The van der Waals surface area contributed by atoms with E-state index in [1.54, 1.807) is 0 Å². The number of aliphatic imine (C=N–C) groups is 1. The van der Waals surface area contributed by atoms with E-state index in [1.165, 1.54) is 11.1 Å². The van der Waals surface area contributed by atoms with Crippen molar-refractivity contribution in [1.82, 2.24) is 0 Å². The molecule has 28 heavy (non-hydrogen) atoms. The van der Waals surface area contributed by atoms with Gasteiger partial charge in [0.15, 0.2) is 0 Å². The molecule has 0 radical (unpaired) electrons. The zero-order valence-corrected chi connectivity index (χ0v) is 21.4. The van der Waals surface area contributed by atoms with Crippen LogP contribution in [0, 0.1) is 0 Å². The molecule has 1 aromatic rings. The maximum absolute atomic E-state index is 6.80. The lowest BCUT2D eigenvalue weighted by molar-refractivity contribution is 0.0895. The minimum absolute atomic E-state index is 0.286. The zero-order chi connectivity index (χ0) is 20.7. The van der Waals surface area contributed by atoms with E-state index in [4.69, 9.17) is 21.3 Å². The summed E-state index contributed by atoms with van der Waals surface area (Å²) < 4.78 is 7.73. The van der Waals surface area contributed by atoms with Crippen molar-refractivity contribution < 1.29 is 4.74 Å². The van der Waals surface area contributed by atoms with Crippen LogP contribution in [0.5, 0.6) is 0 Å². The van der Waals surface area contributed by atoms with Crippen molar-refractivity contribution in [3.05, 3.63) is 38.8 Å². The quantitative estimate of drug-likeness (QED) is 0.275. The minimum Gasteiger partial charge on any atom is -0.465 e. The van der Waals surface area contributed by atoms with Crippen molar-refractivity contribution in [2.45, 2.75) is 89.5 Å². The molecule has 0 N–H and O–H groups in total. The van der Waals surface area contributed by atoms with Crippen molar-refractivity contribution in [2.24, 2.45) is 4.99 Å². The molecule has 156 valence electrons. The molecule has 1 aliphatic heterocycles. The Morgan fingerprint density at radius 1 is 1.07 bits per heavy atom. The molecule has 0 amide bonds. The fraction of sp³-hybridized carbons (Fsp3) is 0.609. The molecule has 0 aromatic heterocycles. The molecule has 2 unspecified atom stereocenters. The summed E-state index contributed by atoms with van der Waals surface area (Å²) in [5.41, 5.74) is 3.27. The van der Waals surface area contributed by atoms with Crippen molar-refractivity contribution in [3.63, 3.8) is 0 Å². The number of ether oxygens (including phenoxy) is 1. The molecular formula is C23H32Br2ClNO. The van der Waals surface area contributed by atoms with Gasteiger partial charge in [-0.05, 0) is 65.4 Å². The first kappa shape index (κ1) is 24.0. The van der Waals surface area contributed by atoms with Gasteiger partial charge in [-0.1, -0.05) is 80.9 Å². The second kappa shape index (κ2) is 11.2. The maximum Gasteiger partial charge on any atom is 0.218 e. The molecule has 1 aliphatic rings. The molecule has 0 aliphatic carbocycles. The summed E-state index contributed by atoms with van der Waals surface area (Å²) in [5, 5.41) is 0.680. The summed E-state index contributed by atoms with van der Waals surface area (Å²) >= 11 is 13.8. The number of nitrogens with zero attached hydrogens (tertiary/aromatic N) is 1. The largest absolute Gasteiger partial charge is 0.465 e. The van der Waals surface area contributed by atoms with Gasteiger partial charge in [-0.15, -0.1) is 0 Å². The van der Waals surface area contributed by atoms with Crippen LogP contribution >= 0.6 is 43.5 Å². The van der Waals surface area contributed by atoms with Crippen LogP contribution in [-0.4, -0.2) is 16.3 Å². The fourth-order valence-electron chi connectivity index (χ4n) is 4.04. The van der Waals surface area contributed by atoms with E-state index in [9.17, 15) is 0 Å². The minimum atomic E-state index is -0.296. The predicted octanol–water partition coefficient (Wildman–Crippen LogP) is 9.16. The summed E-state index contributed by atoms with van der Waals surface area (Å²) in [5.74, 6) is 0.780. The Morgan fingerprint density at radius 2 is 1.79 bits per heavy atom. The Hall–Kier alpha value is -0.320. The van der Waals surface area contributed by atoms with Crippen molar-refractivity contribution in [1.29, 1.82) is 0 Å². The summed E-state index contributed by atoms with van der Waals surface area (Å²) in [6.45, 7) is 8.94. The Kier molecular flexibility index (Phi) is 9.56. The Balaban J connectivity index is 2.63. The molecule has 0 saturated carbocycles. The summed E-state index contributed by atoms with van der Waals surface area (Å²) in [6.07, 6.45) is 8.51. The lowest BCUT2D eigenvalue weighted by Crippen LogP contribution is -2.41. The second-order valence-corrected chi connectivity index (χ2v) is 9.86. The number of alkyl halides is 1. The van der Waals surface area contributed by atoms with Crippen LogP contribution in [0.1, 0.15) is 79.1 Å². The topological polar surface area (TPSA) is 21.6 Å². The van der Waals surface area contributed by atoms with Crippen LogP contribution in [0.2, 0.25) is 5.02 Å². The third kappa shape index (κ3) is 5.23. The van der Waals surface area contributed by atoms with E-state index in [2.05, 4.69) is 59.6 Å². The van der Waals surface area contributed by atoms with Crippen molar-refractivity contribution in [2.75, 3.05) is 0 Å². The first-order valence-corrected chi connectivity index (χ1v) is 12.6. The van der Waals surface area contributed by atoms with E-state index in [-0.39, 0.29) is 10.4 Å². The SMILES string of the molecule is CCCC1=C(CCC)C(CCC)(C(Br)CCC)OC1=Nc1cc(Cl)ccc1Br. The standard InChI is InChI=1S/C23H32Br2ClNO/c1-5-9-17-18(10-6-2)23(14-8-4,21(25)11-7-3)28-22(17)27-20-15-16(26)12-13-19(20)24/h12-13,15,21H,5-11,14H2,1-4H3. The van der Waals surface area contributed by atoms with Crippen LogP contribution in [0.3, 0.4) is 0 Å². The van der Waals surface area contributed by atoms with Crippen LogP contribution in [-0.2, 0) is 4.74 Å². The number of rotatable bonds is 10. The molecule has 2 nitrogen and oxygen atoms in total. The van der Waals surface area contributed by atoms with Crippen molar-refractivity contribution in [3.8, 4) is 0 Å². The Morgan fingerprint density at radius 3 is 2.39 bits per heavy atom. The Bertz CT molecular complexity index is 731. The molecule has 1 heterocycles. The summed E-state index contributed by atoms with van der Waals surface area (Å²) in [4.78, 5) is 5.24. The monoisotopic (exact) mass is 531 g/mol. The smallest absolute Gasteiger partial charge is 0.218 e. The van der Waals surface area contributed by atoms with Gasteiger partial charge in [-0.25, -0.2) is 4.99 Å². The van der Waals surface area contributed by atoms with Gasteiger partial charge in [0.1, 0.15) is 5.60 Å². The molecule has 0 saturated heterocycles. The highest BCUT2D eigenvalue weighted by Gasteiger charge is 2.49. The maximum atomic E-state index is 6.80. The molecule has 1 aromatic carbocycles. The van der Waals surface area contributed by atoms with Crippen LogP contribution in [0.15, 0.2) is 38.8 Å². The molecule has 0 fully saturated rings. The Labute approximate surface area is 192 Å². The van der Waals surface area contributed by atoms with Gasteiger partial charge in [-0.2, -0.15) is 0 Å². The van der Waals surface area contributed by atoms with E-state index in [0.717, 1.165) is 67.4 Å². The summed E-state index contributed by atoms with van der Waals surface area (Å²) in [6, 6.07) is 5.70. The third-order valence-corrected chi connectivity index (χ3v) is 7.31. The van der Waals surface area contributed by atoms with Crippen LogP contribution in [0.25, 0.3) is 0 Å². The third-order valence-electron chi connectivity index (χ3n) is 5.21. The molecule has 2 atom stereocenters.